The molecule has 0 N–H and O–H groups in total. The highest BCUT2D eigenvalue weighted by Crippen LogP contribution is 2.24. The van der Waals surface area contributed by atoms with Crippen molar-refractivity contribution in [1.82, 2.24) is 14.5 Å². The van der Waals surface area contributed by atoms with Crippen molar-refractivity contribution in [2.45, 2.75) is 40.5 Å². The highest BCUT2D eigenvalue weighted by atomic mass is 32.1. The molecule has 1 aliphatic heterocycles. The van der Waals surface area contributed by atoms with E-state index in [1.54, 1.807) is 11.3 Å². The minimum atomic E-state index is 0.229. The van der Waals surface area contributed by atoms with Crippen molar-refractivity contribution in [2.75, 3.05) is 19.6 Å². The van der Waals surface area contributed by atoms with E-state index >= 15 is 0 Å². The highest BCUT2D eigenvalue weighted by molar-refractivity contribution is 7.12. The molecule has 0 radical (unpaired) electrons. The van der Waals surface area contributed by atoms with Gasteiger partial charge >= 0.3 is 0 Å². The summed E-state index contributed by atoms with van der Waals surface area (Å²) in [5.41, 5.74) is 3.95. The number of rotatable bonds is 4. The zero-order chi connectivity index (χ0) is 16.6. The van der Waals surface area contributed by atoms with Crippen molar-refractivity contribution in [3.05, 3.63) is 34.1 Å². The Morgan fingerprint density at radius 1 is 1.30 bits per heavy atom. The molecule has 2 aromatic heterocycles. The fourth-order valence-corrected chi connectivity index (χ4v) is 4.20. The van der Waals surface area contributed by atoms with Gasteiger partial charge in [-0.3, -0.25) is 14.3 Å². The van der Waals surface area contributed by atoms with Crippen LogP contribution in [0.15, 0.2) is 11.4 Å². The molecule has 0 unspecified atom stereocenters. The monoisotopic (exact) mass is 331 g/mol. The number of ketones is 1. The lowest BCUT2D eigenvalue weighted by atomic mass is 9.99. The SMILES string of the molecule is Cc1csc(-n2c(C)cc(C(=O)CN3CCC(C)CC3)c2C)n1. The molecule has 0 bridgehead atoms. The number of likely N-dealkylation sites (tertiary alicyclic amines) is 1. The summed E-state index contributed by atoms with van der Waals surface area (Å²) in [6.07, 6.45) is 2.40. The zero-order valence-electron chi connectivity index (χ0n) is 14.4. The van der Waals surface area contributed by atoms with Crippen LogP contribution in [0.4, 0.5) is 0 Å². The molecule has 23 heavy (non-hydrogen) atoms. The number of carbonyl (C=O) groups is 1. The van der Waals surface area contributed by atoms with Crippen molar-refractivity contribution < 1.29 is 4.79 Å². The van der Waals surface area contributed by atoms with E-state index in [0.29, 0.717) is 6.54 Å². The number of aryl methyl sites for hydroxylation is 2. The predicted molar refractivity (Wildman–Crippen MR) is 94.8 cm³/mol. The fraction of sp³-hybridized carbons (Fsp3) is 0.556. The maximum atomic E-state index is 12.7. The molecule has 0 aliphatic carbocycles. The van der Waals surface area contributed by atoms with Gasteiger partial charge in [0.2, 0.25) is 0 Å². The molecule has 4 nitrogen and oxygen atoms in total. The molecule has 3 heterocycles. The first-order valence-corrected chi connectivity index (χ1v) is 9.20. The van der Waals surface area contributed by atoms with Crippen LogP contribution >= 0.6 is 11.3 Å². The molecule has 0 spiro atoms. The van der Waals surface area contributed by atoms with E-state index < -0.39 is 0 Å². The van der Waals surface area contributed by atoms with Crippen LogP contribution in [0.3, 0.4) is 0 Å². The topological polar surface area (TPSA) is 38.1 Å². The highest BCUT2D eigenvalue weighted by Gasteiger charge is 2.22. The van der Waals surface area contributed by atoms with Crippen molar-refractivity contribution in [2.24, 2.45) is 5.92 Å². The molecule has 0 amide bonds. The standard InChI is InChI=1S/C18H25N3OS/c1-12-5-7-20(8-6-12)10-17(22)16-9-14(3)21(15(16)4)18-19-13(2)11-23-18/h9,11-12H,5-8,10H2,1-4H3. The number of hydrogen-bond acceptors (Lipinski definition) is 4. The average Bonchev–Trinajstić information content (AvgIpc) is 3.05. The van der Waals surface area contributed by atoms with E-state index in [1.165, 1.54) is 12.8 Å². The van der Waals surface area contributed by atoms with Crippen LogP contribution in [-0.4, -0.2) is 39.9 Å². The second kappa shape index (κ2) is 6.57. The molecular weight excluding hydrogens is 306 g/mol. The normalized spacial score (nSPS) is 16.9. The van der Waals surface area contributed by atoms with E-state index in [2.05, 4.69) is 21.4 Å². The van der Waals surface area contributed by atoms with Crippen LogP contribution in [0.25, 0.3) is 5.13 Å². The van der Waals surface area contributed by atoms with E-state index in [1.807, 2.05) is 32.2 Å². The lowest BCUT2D eigenvalue weighted by Gasteiger charge is -2.29. The summed E-state index contributed by atoms with van der Waals surface area (Å²) >= 11 is 1.62. The van der Waals surface area contributed by atoms with Crippen molar-refractivity contribution in [1.29, 1.82) is 0 Å². The molecule has 124 valence electrons. The molecule has 1 aliphatic rings. The summed E-state index contributed by atoms with van der Waals surface area (Å²) in [5, 5.41) is 2.99. The number of piperidine rings is 1. The molecule has 1 fully saturated rings. The molecule has 0 atom stereocenters. The van der Waals surface area contributed by atoms with Gasteiger partial charge in [-0.15, -0.1) is 11.3 Å². The number of carbonyl (C=O) groups excluding carboxylic acids is 1. The Hall–Kier alpha value is -1.46. The molecule has 0 saturated carbocycles. The van der Waals surface area contributed by atoms with Crippen LogP contribution in [0.5, 0.6) is 0 Å². The molecular formula is C18H25N3OS. The number of nitrogens with zero attached hydrogens (tertiary/aromatic N) is 3. The summed E-state index contributed by atoms with van der Waals surface area (Å²) in [6, 6.07) is 2.01. The Kier molecular flexibility index (Phi) is 4.69. The van der Waals surface area contributed by atoms with Crippen LogP contribution in [0, 0.1) is 26.7 Å². The van der Waals surface area contributed by atoms with Gasteiger partial charge in [0.05, 0.1) is 12.2 Å². The van der Waals surface area contributed by atoms with Crippen LogP contribution in [0.2, 0.25) is 0 Å². The molecule has 0 aromatic carbocycles. The van der Waals surface area contributed by atoms with Gasteiger partial charge in [-0.1, -0.05) is 6.92 Å². The smallest absolute Gasteiger partial charge is 0.194 e. The van der Waals surface area contributed by atoms with Gasteiger partial charge in [0, 0.05) is 22.3 Å². The minimum absolute atomic E-state index is 0.229. The first kappa shape index (κ1) is 16.4. The summed E-state index contributed by atoms with van der Waals surface area (Å²) < 4.78 is 2.10. The number of hydrogen-bond donors (Lipinski definition) is 0. The van der Waals surface area contributed by atoms with Gasteiger partial charge in [-0.2, -0.15) is 0 Å². The van der Waals surface area contributed by atoms with E-state index in [9.17, 15) is 4.79 Å². The first-order valence-electron chi connectivity index (χ1n) is 8.32. The zero-order valence-corrected chi connectivity index (χ0v) is 15.2. The van der Waals surface area contributed by atoms with Crippen molar-refractivity contribution in [3.8, 4) is 5.13 Å². The average molecular weight is 331 g/mol. The largest absolute Gasteiger partial charge is 0.296 e. The Morgan fingerprint density at radius 2 is 2.00 bits per heavy atom. The fourth-order valence-electron chi connectivity index (χ4n) is 3.29. The third kappa shape index (κ3) is 3.40. The summed E-state index contributed by atoms with van der Waals surface area (Å²) in [6.45, 7) is 11.0. The van der Waals surface area contributed by atoms with E-state index in [-0.39, 0.29) is 5.78 Å². The predicted octanol–water partition coefficient (Wildman–Crippen LogP) is 3.77. The Balaban J connectivity index is 1.79. The second-order valence-electron chi connectivity index (χ2n) is 6.77. The van der Waals surface area contributed by atoms with Gasteiger partial charge in [0.15, 0.2) is 10.9 Å². The summed E-state index contributed by atoms with van der Waals surface area (Å²) in [5.74, 6) is 1.02. The van der Waals surface area contributed by atoms with E-state index in [0.717, 1.165) is 46.8 Å². The third-order valence-electron chi connectivity index (χ3n) is 4.77. The maximum Gasteiger partial charge on any atom is 0.194 e. The Labute approximate surface area is 142 Å². The number of thiazole rings is 1. The number of Topliss-reactive ketones (excluding diaryl/α,β-unsaturated/α-hetero) is 1. The van der Waals surface area contributed by atoms with Gasteiger partial charge < -0.3 is 0 Å². The molecule has 3 rings (SSSR count). The number of aromatic nitrogens is 2. The van der Waals surface area contributed by atoms with Crippen LogP contribution in [-0.2, 0) is 0 Å². The van der Waals surface area contributed by atoms with Gasteiger partial charge in [0.25, 0.3) is 0 Å². The molecule has 1 saturated heterocycles. The van der Waals surface area contributed by atoms with Crippen LogP contribution in [0.1, 0.15) is 47.2 Å². The quantitative estimate of drug-likeness (QED) is 0.800. The molecule has 5 heteroatoms. The Bertz CT molecular complexity index is 708. The maximum absolute atomic E-state index is 12.7. The summed E-state index contributed by atoms with van der Waals surface area (Å²) in [4.78, 5) is 19.6. The molecule has 2 aromatic rings. The van der Waals surface area contributed by atoms with Crippen molar-refractivity contribution >= 4 is 17.1 Å². The van der Waals surface area contributed by atoms with Crippen LogP contribution < -0.4 is 0 Å². The third-order valence-corrected chi connectivity index (χ3v) is 5.72. The lowest BCUT2D eigenvalue weighted by molar-refractivity contribution is 0.0899. The first-order chi connectivity index (χ1) is 11.0. The van der Waals surface area contributed by atoms with Gasteiger partial charge in [-0.05, 0) is 58.7 Å². The lowest BCUT2D eigenvalue weighted by Crippen LogP contribution is -2.36. The van der Waals surface area contributed by atoms with Gasteiger partial charge in [0.1, 0.15) is 0 Å². The second-order valence-corrected chi connectivity index (χ2v) is 7.61. The van der Waals surface area contributed by atoms with Gasteiger partial charge in [-0.25, -0.2) is 4.98 Å². The minimum Gasteiger partial charge on any atom is -0.296 e. The summed E-state index contributed by atoms with van der Waals surface area (Å²) in [7, 11) is 0. The van der Waals surface area contributed by atoms with E-state index in [4.69, 9.17) is 0 Å². The Morgan fingerprint density at radius 3 is 2.61 bits per heavy atom. The van der Waals surface area contributed by atoms with Crippen molar-refractivity contribution in [3.63, 3.8) is 0 Å².